The van der Waals surface area contributed by atoms with Gasteiger partial charge in [0.15, 0.2) is 0 Å². The maximum absolute atomic E-state index is 12.1. The molecule has 108 valence electrons. The number of Topliss-reactive ketones (excluding diaryl/α,β-unsaturated/α-hetero) is 1. The van der Waals surface area contributed by atoms with E-state index in [4.69, 9.17) is 5.73 Å². The maximum atomic E-state index is 12.1. The monoisotopic (exact) mass is 345 g/mol. The Bertz CT molecular complexity index is 409. The molecule has 0 aliphatic rings. The molecule has 1 aromatic heterocycles. The maximum Gasteiger partial charge on any atom is 0.138 e. The van der Waals surface area contributed by atoms with Crippen molar-refractivity contribution < 1.29 is 4.79 Å². The molecule has 1 unspecified atom stereocenters. The van der Waals surface area contributed by atoms with Gasteiger partial charge in [0.1, 0.15) is 5.78 Å². The third kappa shape index (κ3) is 5.76. The number of carbonyl (C=O) groups is 1. The molecule has 0 saturated carbocycles. The van der Waals surface area contributed by atoms with Crippen LogP contribution in [0.15, 0.2) is 15.9 Å². The molecular formula is C15H24BrNOS. The van der Waals surface area contributed by atoms with Gasteiger partial charge in [0, 0.05) is 22.2 Å². The van der Waals surface area contributed by atoms with E-state index in [9.17, 15) is 4.79 Å². The number of hydrogen-bond donors (Lipinski definition) is 1. The lowest BCUT2D eigenvalue weighted by molar-refractivity contribution is -0.118. The molecule has 0 amide bonds. The molecule has 0 aromatic carbocycles. The van der Waals surface area contributed by atoms with Gasteiger partial charge in [-0.1, -0.05) is 20.8 Å². The molecule has 0 radical (unpaired) electrons. The second kappa shape index (κ2) is 7.55. The molecule has 0 aliphatic carbocycles. The van der Waals surface area contributed by atoms with Crippen molar-refractivity contribution in [3.63, 3.8) is 0 Å². The lowest BCUT2D eigenvalue weighted by Gasteiger charge is -2.30. The molecule has 0 fully saturated rings. The molecule has 1 atom stereocenters. The summed E-state index contributed by atoms with van der Waals surface area (Å²) in [5, 5.41) is 2.01. The Morgan fingerprint density at radius 3 is 2.58 bits per heavy atom. The average Bonchev–Trinajstić information content (AvgIpc) is 2.69. The van der Waals surface area contributed by atoms with Crippen molar-refractivity contribution in [1.29, 1.82) is 0 Å². The van der Waals surface area contributed by atoms with E-state index >= 15 is 0 Å². The van der Waals surface area contributed by atoms with Crippen molar-refractivity contribution >= 4 is 33.0 Å². The Morgan fingerprint density at radius 2 is 2.11 bits per heavy atom. The molecular weight excluding hydrogens is 322 g/mol. The molecule has 1 aromatic rings. The van der Waals surface area contributed by atoms with Crippen LogP contribution in [-0.2, 0) is 11.2 Å². The fourth-order valence-electron chi connectivity index (χ4n) is 2.27. The third-order valence-corrected chi connectivity index (χ3v) is 5.49. The molecule has 1 heterocycles. The second-order valence-electron chi connectivity index (χ2n) is 6.09. The predicted octanol–water partition coefficient (Wildman–Crippen LogP) is 4.41. The Hall–Kier alpha value is -0.190. The fourth-order valence-corrected chi connectivity index (χ4v) is 3.79. The van der Waals surface area contributed by atoms with Gasteiger partial charge in [0.25, 0.3) is 0 Å². The third-order valence-electron chi connectivity index (χ3n) is 3.56. The van der Waals surface area contributed by atoms with Gasteiger partial charge in [0.05, 0.1) is 0 Å². The van der Waals surface area contributed by atoms with Gasteiger partial charge in [-0.15, -0.1) is 11.3 Å². The van der Waals surface area contributed by atoms with E-state index in [2.05, 4.69) is 36.7 Å². The van der Waals surface area contributed by atoms with Crippen LogP contribution in [0, 0.1) is 11.3 Å². The Morgan fingerprint density at radius 1 is 1.42 bits per heavy atom. The van der Waals surface area contributed by atoms with Crippen LogP contribution in [0.25, 0.3) is 0 Å². The quantitative estimate of drug-likeness (QED) is 0.794. The number of halogens is 1. The Kier molecular flexibility index (Phi) is 6.71. The first-order chi connectivity index (χ1) is 8.84. The van der Waals surface area contributed by atoms with Crippen LogP contribution in [0.2, 0.25) is 0 Å². The van der Waals surface area contributed by atoms with Crippen LogP contribution in [0.5, 0.6) is 0 Å². The van der Waals surface area contributed by atoms with Gasteiger partial charge < -0.3 is 5.73 Å². The predicted molar refractivity (Wildman–Crippen MR) is 86.6 cm³/mol. The first kappa shape index (κ1) is 16.9. The summed E-state index contributed by atoms with van der Waals surface area (Å²) in [5.74, 6) is 0.850. The number of nitrogens with two attached hydrogens (primary N) is 1. The van der Waals surface area contributed by atoms with Gasteiger partial charge in [0.2, 0.25) is 0 Å². The van der Waals surface area contributed by atoms with Crippen molar-refractivity contribution in [1.82, 2.24) is 0 Å². The summed E-state index contributed by atoms with van der Waals surface area (Å²) >= 11 is 5.11. The van der Waals surface area contributed by atoms with Crippen LogP contribution in [0.3, 0.4) is 0 Å². The summed E-state index contributed by atoms with van der Waals surface area (Å²) in [7, 11) is 0. The minimum absolute atomic E-state index is 0.225. The van der Waals surface area contributed by atoms with E-state index in [1.54, 1.807) is 11.3 Å². The number of carbonyl (C=O) groups excluding carboxylic acids is 1. The first-order valence-corrected chi connectivity index (χ1v) is 8.45. The van der Waals surface area contributed by atoms with Crippen molar-refractivity contribution in [2.75, 3.05) is 6.54 Å². The van der Waals surface area contributed by atoms with E-state index in [0.29, 0.717) is 31.1 Å². The average molecular weight is 346 g/mol. The molecule has 4 heteroatoms. The van der Waals surface area contributed by atoms with Crippen molar-refractivity contribution in [2.24, 2.45) is 17.1 Å². The summed E-state index contributed by atoms with van der Waals surface area (Å²) in [6.45, 7) is 7.39. The molecule has 2 N–H and O–H groups in total. The van der Waals surface area contributed by atoms with Crippen LogP contribution in [0.4, 0.5) is 0 Å². The van der Waals surface area contributed by atoms with Gasteiger partial charge in [-0.05, 0) is 58.1 Å². The van der Waals surface area contributed by atoms with Gasteiger partial charge in [-0.3, -0.25) is 4.79 Å². The van der Waals surface area contributed by atoms with E-state index in [0.717, 1.165) is 22.2 Å². The standard InChI is InChI=1S/C15H24BrNOS/c1-15(2,3)11(6-8-17)4-5-12(18)10-14-13(16)7-9-19-14/h7,9,11H,4-6,8,10,17H2,1-3H3. The normalized spacial score (nSPS) is 13.5. The smallest absolute Gasteiger partial charge is 0.138 e. The highest BCUT2D eigenvalue weighted by molar-refractivity contribution is 9.10. The SMILES string of the molecule is CC(C)(C)C(CCN)CCC(=O)Cc1sccc1Br. The number of thiophene rings is 1. The van der Waals surface area contributed by atoms with Crippen molar-refractivity contribution in [3.8, 4) is 0 Å². The van der Waals surface area contributed by atoms with Gasteiger partial charge in [-0.25, -0.2) is 0 Å². The number of rotatable bonds is 7. The highest BCUT2D eigenvalue weighted by atomic mass is 79.9. The summed E-state index contributed by atoms with van der Waals surface area (Å²) in [6.07, 6.45) is 3.16. The zero-order valence-corrected chi connectivity index (χ0v) is 14.4. The molecule has 2 nitrogen and oxygen atoms in total. The summed E-state index contributed by atoms with van der Waals surface area (Å²) in [6, 6.07) is 2.00. The highest BCUT2D eigenvalue weighted by Crippen LogP contribution is 2.32. The number of ketones is 1. The highest BCUT2D eigenvalue weighted by Gasteiger charge is 2.24. The van der Waals surface area contributed by atoms with E-state index in [1.165, 1.54) is 0 Å². The Labute approximate surface area is 128 Å². The minimum atomic E-state index is 0.225. The summed E-state index contributed by atoms with van der Waals surface area (Å²) in [5.41, 5.74) is 5.90. The first-order valence-electron chi connectivity index (χ1n) is 6.78. The van der Waals surface area contributed by atoms with Crippen molar-refractivity contribution in [2.45, 2.75) is 46.5 Å². The topological polar surface area (TPSA) is 43.1 Å². The number of hydrogen-bond acceptors (Lipinski definition) is 3. The summed E-state index contributed by atoms with van der Waals surface area (Å²) in [4.78, 5) is 13.2. The molecule has 0 bridgehead atoms. The molecule has 19 heavy (non-hydrogen) atoms. The lowest BCUT2D eigenvalue weighted by Crippen LogP contribution is -2.24. The van der Waals surface area contributed by atoms with Crippen molar-refractivity contribution in [3.05, 3.63) is 20.8 Å². The van der Waals surface area contributed by atoms with Gasteiger partial charge >= 0.3 is 0 Å². The molecule has 1 rings (SSSR count). The van der Waals surface area contributed by atoms with Crippen LogP contribution >= 0.6 is 27.3 Å². The zero-order chi connectivity index (χ0) is 14.5. The van der Waals surface area contributed by atoms with E-state index in [-0.39, 0.29) is 5.41 Å². The second-order valence-corrected chi connectivity index (χ2v) is 7.94. The Balaban J connectivity index is 2.46. The van der Waals surface area contributed by atoms with Crippen LogP contribution < -0.4 is 5.73 Å². The lowest BCUT2D eigenvalue weighted by atomic mass is 9.76. The van der Waals surface area contributed by atoms with Gasteiger partial charge in [-0.2, -0.15) is 0 Å². The minimum Gasteiger partial charge on any atom is -0.330 e. The largest absolute Gasteiger partial charge is 0.330 e. The fraction of sp³-hybridized carbons (Fsp3) is 0.667. The molecule has 0 aliphatic heterocycles. The van der Waals surface area contributed by atoms with Crippen LogP contribution in [0.1, 0.15) is 44.9 Å². The van der Waals surface area contributed by atoms with E-state index < -0.39 is 0 Å². The molecule has 0 saturated heterocycles. The summed E-state index contributed by atoms with van der Waals surface area (Å²) < 4.78 is 1.06. The molecule has 0 spiro atoms. The van der Waals surface area contributed by atoms with Crippen LogP contribution in [-0.4, -0.2) is 12.3 Å². The zero-order valence-electron chi connectivity index (χ0n) is 12.0. The van der Waals surface area contributed by atoms with E-state index in [1.807, 2.05) is 11.4 Å².